The standard InChI is InChI=1S/C10H20N2O4/c1-7(2)16-6-5-12-10(15)8(11)3-4-9(13)14/h7-8H,3-6,11H2,1-2H3,(H,12,15)(H,13,14). The molecule has 4 N–H and O–H groups in total. The van der Waals surface area contributed by atoms with Crippen LogP contribution in [0.3, 0.4) is 0 Å². The van der Waals surface area contributed by atoms with Crippen LogP contribution >= 0.6 is 0 Å². The lowest BCUT2D eigenvalue weighted by atomic mass is 10.1. The number of aliphatic carboxylic acids is 1. The fourth-order valence-corrected chi connectivity index (χ4v) is 1.01. The molecule has 0 aromatic carbocycles. The molecule has 0 aliphatic heterocycles. The van der Waals surface area contributed by atoms with E-state index in [1.54, 1.807) is 0 Å². The SMILES string of the molecule is CC(C)OCCNC(=O)C(N)CCC(=O)O. The summed E-state index contributed by atoms with van der Waals surface area (Å²) in [5.41, 5.74) is 5.49. The molecule has 0 radical (unpaired) electrons. The van der Waals surface area contributed by atoms with Gasteiger partial charge in [0.1, 0.15) is 0 Å². The number of hydrogen-bond donors (Lipinski definition) is 3. The fraction of sp³-hybridized carbons (Fsp3) is 0.800. The Kier molecular flexibility index (Phi) is 7.49. The minimum absolute atomic E-state index is 0.100. The Hall–Kier alpha value is -1.14. The number of nitrogens with one attached hydrogen (secondary N) is 1. The molecule has 0 rings (SSSR count). The first-order valence-electron chi connectivity index (χ1n) is 5.30. The molecule has 16 heavy (non-hydrogen) atoms. The molecule has 0 aromatic rings. The first kappa shape index (κ1) is 14.9. The number of carbonyl (C=O) groups excluding carboxylic acids is 1. The van der Waals surface area contributed by atoms with Crippen LogP contribution in [0.4, 0.5) is 0 Å². The largest absolute Gasteiger partial charge is 0.481 e. The maximum atomic E-state index is 11.3. The van der Waals surface area contributed by atoms with E-state index in [0.717, 1.165) is 0 Å². The van der Waals surface area contributed by atoms with Crippen LogP contribution in [-0.2, 0) is 14.3 Å². The van der Waals surface area contributed by atoms with Gasteiger partial charge in [-0.25, -0.2) is 0 Å². The monoisotopic (exact) mass is 232 g/mol. The number of carboxylic acids is 1. The topological polar surface area (TPSA) is 102 Å². The van der Waals surface area contributed by atoms with Gasteiger partial charge in [-0.15, -0.1) is 0 Å². The summed E-state index contributed by atoms with van der Waals surface area (Å²) in [6.07, 6.45) is 0.168. The quantitative estimate of drug-likeness (QED) is 0.499. The van der Waals surface area contributed by atoms with Crippen molar-refractivity contribution in [2.24, 2.45) is 5.73 Å². The Morgan fingerprint density at radius 3 is 2.56 bits per heavy atom. The maximum Gasteiger partial charge on any atom is 0.303 e. The van der Waals surface area contributed by atoms with Gasteiger partial charge in [-0.1, -0.05) is 0 Å². The summed E-state index contributed by atoms with van der Waals surface area (Å²) < 4.78 is 5.22. The van der Waals surface area contributed by atoms with E-state index >= 15 is 0 Å². The Bertz CT molecular complexity index is 231. The molecule has 0 fully saturated rings. The Labute approximate surface area is 95.1 Å². The molecule has 0 bridgehead atoms. The molecule has 94 valence electrons. The molecule has 6 nitrogen and oxygen atoms in total. The third-order valence-corrected chi connectivity index (χ3v) is 1.86. The van der Waals surface area contributed by atoms with Gasteiger partial charge in [0.05, 0.1) is 18.8 Å². The van der Waals surface area contributed by atoms with E-state index in [2.05, 4.69) is 5.32 Å². The average molecular weight is 232 g/mol. The molecule has 0 aromatic heterocycles. The minimum Gasteiger partial charge on any atom is -0.481 e. The van der Waals surface area contributed by atoms with Gasteiger partial charge in [-0.2, -0.15) is 0 Å². The first-order valence-corrected chi connectivity index (χ1v) is 5.30. The van der Waals surface area contributed by atoms with Crippen molar-refractivity contribution in [2.45, 2.75) is 38.8 Å². The van der Waals surface area contributed by atoms with Crippen molar-refractivity contribution in [3.63, 3.8) is 0 Å². The second kappa shape index (κ2) is 8.06. The number of hydrogen-bond acceptors (Lipinski definition) is 4. The summed E-state index contributed by atoms with van der Waals surface area (Å²) in [7, 11) is 0. The number of nitrogens with two attached hydrogens (primary N) is 1. The zero-order valence-electron chi connectivity index (χ0n) is 9.73. The molecule has 1 atom stereocenters. The Morgan fingerprint density at radius 2 is 2.06 bits per heavy atom. The van der Waals surface area contributed by atoms with Crippen molar-refractivity contribution in [1.82, 2.24) is 5.32 Å². The highest BCUT2D eigenvalue weighted by molar-refractivity contribution is 5.82. The van der Waals surface area contributed by atoms with Gasteiger partial charge in [0, 0.05) is 13.0 Å². The highest BCUT2D eigenvalue weighted by Gasteiger charge is 2.13. The number of rotatable bonds is 8. The van der Waals surface area contributed by atoms with Gasteiger partial charge in [-0.3, -0.25) is 9.59 Å². The van der Waals surface area contributed by atoms with E-state index in [1.165, 1.54) is 0 Å². The van der Waals surface area contributed by atoms with Crippen LogP contribution in [0.15, 0.2) is 0 Å². The highest BCUT2D eigenvalue weighted by Crippen LogP contribution is 1.94. The summed E-state index contributed by atoms with van der Waals surface area (Å²) in [6.45, 7) is 4.62. The Balaban J connectivity index is 3.59. The molecule has 0 aliphatic rings. The third kappa shape index (κ3) is 8.19. The summed E-state index contributed by atoms with van der Waals surface area (Å²) >= 11 is 0. The van der Waals surface area contributed by atoms with Crippen molar-refractivity contribution in [3.05, 3.63) is 0 Å². The summed E-state index contributed by atoms with van der Waals surface area (Å²) in [5, 5.41) is 11.0. The molecule has 0 heterocycles. The highest BCUT2D eigenvalue weighted by atomic mass is 16.5. The predicted molar refractivity (Wildman–Crippen MR) is 58.9 cm³/mol. The second-order valence-electron chi connectivity index (χ2n) is 3.75. The van der Waals surface area contributed by atoms with Gasteiger partial charge in [0.15, 0.2) is 0 Å². The lowest BCUT2D eigenvalue weighted by molar-refractivity contribution is -0.137. The van der Waals surface area contributed by atoms with Crippen LogP contribution in [0.1, 0.15) is 26.7 Å². The van der Waals surface area contributed by atoms with Gasteiger partial charge in [0.25, 0.3) is 0 Å². The Morgan fingerprint density at radius 1 is 1.44 bits per heavy atom. The average Bonchev–Trinajstić information content (AvgIpc) is 2.20. The van der Waals surface area contributed by atoms with E-state index in [9.17, 15) is 9.59 Å². The van der Waals surface area contributed by atoms with Gasteiger partial charge >= 0.3 is 5.97 Å². The summed E-state index contributed by atoms with van der Waals surface area (Å²) in [5.74, 6) is -1.29. The third-order valence-electron chi connectivity index (χ3n) is 1.86. The van der Waals surface area contributed by atoms with Crippen LogP contribution in [0, 0.1) is 0 Å². The van der Waals surface area contributed by atoms with Gasteiger partial charge in [-0.05, 0) is 20.3 Å². The first-order chi connectivity index (χ1) is 7.43. The lowest BCUT2D eigenvalue weighted by Crippen LogP contribution is -2.42. The summed E-state index contributed by atoms with van der Waals surface area (Å²) in [6, 6.07) is -0.768. The van der Waals surface area contributed by atoms with E-state index in [-0.39, 0.29) is 24.9 Å². The van der Waals surface area contributed by atoms with Crippen LogP contribution in [0.2, 0.25) is 0 Å². The second-order valence-corrected chi connectivity index (χ2v) is 3.75. The van der Waals surface area contributed by atoms with Crippen LogP contribution in [0.25, 0.3) is 0 Å². The molecule has 1 amide bonds. The fourth-order valence-electron chi connectivity index (χ4n) is 1.01. The van der Waals surface area contributed by atoms with Crippen LogP contribution in [0.5, 0.6) is 0 Å². The zero-order valence-corrected chi connectivity index (χ0v) is 9.73. The van der Waals surface area contributed by atoms with Crippen molar-refractivity contribution in [2.75, 3.05) is 13.2 Å². The lowest BCUT2D eigenvalue weighted by Gasteiger charge is -2.12. The van der Waals surface area contributed by atoms with Gasteiger partial charge < -0.3 is 20.9 Å². The molecule has 0 saturated heterocycles. The molecular weight excluding hydrogens is 212 g/mol. The molecule has 0 spiro atoms. The number of carboxylic acid groups (broad SMARTS) is 1. The molecule has 6 heteroatoms. The molecule has 0 aliphatic carbocycles. The van der Waals surface area contributed by atoms with Crippen molar-refractivity contribution >= 4 is 11.9 Å². The van der Waals surface area contributed by atoms with Crippen molar-refractivity contribution < 1.29 is 19.4 Å². The minimum atomic E-state index is -0.952. The predicted octanol–water partition coefficient (Wildman–Crippen LogP) is -0.280. The molecule has 0 saturated carbocycles. The van der Waals surface area contributed by atoms with E-state index in [0.29, 0.717) is 13.2 Å². The number of ether oxygens (including phenoxy) is 1. The molecular formula is C10H20N2O4. The van der Waals surface area contributed by atoms with Crippen LogP contribution in [-0.4, -0.2) is 42.3 Å². The van der Waals surface area contributed by atoms with Gasteiger partial charge in [0.2, 0.25) is 5.91 Å². The van der Waals surface area contributed by atoms with Crippen molar-refractivity contribution in [1.29, 1.82) is 0 Å². The van der Waals surface area contributed by atoms with Crippen molar-refractivity contribution in [3.8, 4) is 0 Å². The normalized spacial score (nSPS) is 12.5. The zero-order chi connectivity index (χ0) is 12.6. The van der Waals surface area contributed by atoms with Crippen LogP contribution < -0.4 is 11.1 Å². The smallest absolute Gasteiger partial charge is 0.303 e. The number of amides is 1. The summed E-state index contributed by atoms with van der Waals surface area (Å²) in [4.78, 5) is 21.6. The maximum absolute atomic E-state index is 11.3. The number of carbonyl (C=O) groups is 2. The van der Waals surface area contributed by atoms with E-state index in [1.807, 2.05) is 13.8 Å². The van der Waals surface area contributed by atoms with E-state index < -0.39 is 12.0 Å². The van der Waals surface area contributed by atoms with E-state index in [4.69, 9.17) is 15.6 Å². The molecule has 1 unspecified atom stereocenters.